The number of nitrogens with one attached hydrogen (secondary N) is 1. The molecular formula is C14H16FNO4S. The number of aliphatic hydroxyl groups is 1. The molecular weight excluding hydrogens is 297 g/mol. The average Bonchev–Trinajstić information content (AvgIpc) is 2.82. The fourth-order valence-corrected chi connectivity index (χ4v) is 3.18. The Morgan fingerprint density at radius 2 is 2.00 bits per heavy atom. The maximum Gasteiger partial charge on any atom is 0.240 e. The molecule has 7 heteroatoms. The second-order valence-corrected chi connectivity index (χ2v) is 6.46. The zero-order valence-electron chi connectivity index (χ0n) is 11.6. The Morgan fingerprint density at radius 3 is 2.57 bits per heavy atom. The van der Waals surface area contributed by atoms with Crippen molar-refractivity contribution < 1.29 is 22.3 Å². The minimum Gasteiger partial charge on any atom is -0.464 e. The second-order valence-electron chi connectivity index (χ2n) is 4.73. The van der Waals surface area contributed by atoms with Crippen LogP contribution in [0.3, 0.4) is 0 Å². The zero-order valence-corrected chi connectivity index (χ0v) is 12.4. The molecule has 0 aliphatic rings. The molecule has 114 valence electrons. The number of aryl methyl sites for hydroxylation is 2. The summed E-state index contributed by atoms with van der Waals surface area (Å²) < 4.78 is 44.8. The predicted octanol–water partition coefficient (Wildman–Crippen LogP) is 2.05. The monoisotopic (exact) mass is 313 g/mol. The Hall–Kier alpha value is -1.70. The van der Waals surface area contributed by atoms with Crippen molar-refractivity contribution in [3.05, 3.63) is 53.2 Å². The van der Waals surface area contributed by atoms with Crippen molar-refractivity contribution in [1.82, 2.24) is 4.72 Å². The van der Waals surface area contributed by atoms with Crippen LogP contribution in [-0.2, 0) is 10.0 Å². The van der Waals surface area contributed by atoms with Crippen LogP contribution in [0.1, 0.15) is 23.2 Å². The van der Waals surface area contributed by atoms with Gasteiger partial charge >= 0.3 is 0 Å². The summed E-state index contributed by atoms with van der Waals surface area (Å²) in [5, 5.41) is 9.88. The SMILES string of the molecule is Cc1ccc(C(O)CNS(=O)(=O)c2ccc(F)cc2C)o1. The fraction of sp³-hybridized carbons (Fsp3) is 0.286. The van der Waals surface area contributed by atoms with E-state index < -0.39 is 21.9 Å². The van der Waals surface area contributed by atoms with Crippen molar-refractivity contribution in [2.45, 2.75) is 24.8 Å². The van der Waals surface area contributed by atoms with Gasteiger partial charge in [0.2, 0.25) is 10.0 Å². The highest BCUT2D eigenvalue weighted by atomic mass is 32.2. The van der Waals surface area contributed by atoms with Crippen LogP contribution in [0.2, 0.25) is 0 Å². The lowest BCUT2D eigenvalue weighted by atomic mass is 10.2. The summed E-state index contributed by atoms with van der Waals surface area (Å²) >= 11 is 0. The maximum absolute atomic E-state index is 13.0. The summed E-state index contributed by atoms with van der Waals surface area (Å²) in [6.07, 6.45) is -1.09. The minimum atomic E-state index is -3.82. The van der Waals surface area contributed by atoms with Gasteiger partial charge in [-0.05, 0) is 49.7 Å². The molecule has 2 aromatic rings. The van der Waals surface area contributed by atoms with Crippen LogP contribution < -0.4 is 4.72 Å². The molecule has 0 amide bonds. The van der Waals surface area contributed by atoms with Crippen LogP contribution in [-0.4, -0.2) is 20.1 Å². The third-order valence-corrected chi connectivity index (χ3v) is 4.57. The highest BCUT2D eigenvalue weighted by Crippen LogP contribution is 2.18. The summed E-state index contributed by atoms with van der Waals surface area (Å²) in [6.45, 7) is 3.00. The van der Waals surface area contributed by atoms with Crippen LogP contribution in [0.15, 0.2) is 39.6 Å². The van der Waals surface area contributed by atoms with Gasteiger partial charge in [0.25, 0.3) is 0 Å². The van der Waals surface area contributed by atoms with E-state index in [1.165, 1.54) is 13.0 Å². The molecule has 1 aromatic carbocycles. The van der Waals surface area contributed by atoms with E-state index in [4.69, 9.17) is 4.42 Å². The quantitative estimate of drug-likeness (QED) is 0.885. The fourth-order valence-electron chi connectivity index (χ4n) is 1.91. The van der Waals surface area contributed by atoms with Crippen LogP contribution in [0.5, 0.6) is 0 Å². The minimum absolute atomic E-state index is 0.0216. The molecule has 0 saturated heterocycles. The molecule has 2 N–H and O–H groups in total. The second kappa shape index (κ2) is 5.97. The summed E-state index contributed by atoms with van der Waals surface area (Å²) in [7, 11) is -3.82. The first-order valence-electron chi connectivity index (χ1n) is 6.30. The zero-order chi connectivity index (χ0) is 15.6. The molecule has 0 aliphatic carbocycles. The lowest BCUT2D eigenvalue weighted by Gasteiger charge is -2.12. The molecule has 0 aliphatic heterocycles. The van der Waals surface area contributed by atoms with E-state index in [2.05, 4.69) is 4.72 Å². The Balaban J connectivity index is 2.11. The number of furan rings is 1. The van der Waals surface area contributed by atoms with Gasteiger partial charge in [-0.3, -0.25) is 0 Å². The number of sulfonamides is 1. The van der Waals surface area contributed by atoms with Crippen LogP contribution in [0.4, 0.5) is 4.39 Å². The Labute approximate surface area is 122 Å². The highest BCUT2D eigenvalue weighted by molar-refractivity contribution is 7.89. The molecule has 5 nitrogen and oxygen atoms in total. The smallest absolute Gasteiger partial charge is 0.240 e. The van der Waals surface area contributed by atoms with Gasteiger partial charge < -0.3 is 9.52 Å². The summed E-state index contributed by atoms with van der Waals surface area (Å²) in [5.41, 5.74) is 0.297. The molecule has 1 atom stereocenters. The van der Waals surface area contributed by atoms with Gasteiger partial charge in [-0.15, -0.1) is 0 Å². The number of aliphatic hydroxyl groups excluding tert-OH is 1. The van der Waals surface area contributed by atoms with Crippen molar-refractivity contribution in [3.63, 3.8) is 0 Å². The van der Waals surface area contributed by atoms with E-state index in [1.54, 1.807) is 19.1 Å². The molecule has 0 spiro atoms. The molecule has 0 bridgehead atoms. The molecule has 1 unspecified atom stereocenters. The van der Waals surface area contributed by atoms with Gasteiger partial charge in [-0.2, -0.15) is 0 Å². The van der Waals surface area contributed by atoms with Crippen LogP contribution in [0.25, 0.3) is 0 Å². The van der Waals surface area contributed by atoms with E-state index in [0.29, 0.717) is 11.3 Å². The first kappa shape index (κ1) is 15.7. The van der Waals surface area contributed by atoms with E-state index >= 15 is 0 Å². The van der Waals surface area contributed by atoms with Crippen molar-refractivity contribution in [2.24, 2.45) is 0 Å². The molecule has 0 radical (unpaired) electrons. The van der Waals surface area contributed by atoms with E-state index in [0.717, 1.165) is 12.1 Å². The van der Waals surface area contributed by atoms with Crippen molar-refractivity contribution in [1.29, 1.82) is 0 Å². The van der Waals surface area contributed by atoms with Gasteiger partial charge in [0.15, 0.2) is 0 Å². The molecule has 2 rings (SSSR count). The van der Waals surface area contributed by atoms with Crippen molar-refractivity contribution in [2.75, 3.05) is 6.54 Å². The number of rotatable bonds is 5. The van der Waals surface area contributed by atoms with E-state index in [9.17, 15) is 17.9 Å². The van der Waals surface area contributed by atoms with E-state index in [1.807, 2.05) is 0 Å². The predicted molar refractivity (Wildman–Crippen MR) is 74.7 cm³/mol. The molecule has 0 saturated carbocycles. The summed E-state index contributed by atoms with van der Waals surface area (Å²) in [5.74, 6) is 0.407. The van der Waals surface area contributed by atoms with Crippen molar-refractivity contribution >= 4 is 10.0 Å². The standard InChI is InChI=1S/C14H16FNO4S/c1-9-7-11(15)4-6-14(9)21(18,19)16-8-12(17)13-5-3-10(2)20-13/h3-7,12,16-17H,8H2,1-2H3. The van der Waals surface area contributed by atoms with Gasteiger partial charge in [0.05, 0.1) is 4.90 Å². The first-order valence-corrected chi connectivity index (χ1v) is 7.78. The van der Waals surface area contributed by atoms with Crippen molar-refractivity contribution in [3.8, 4) is 0 Å². The Bertz CT molecular complexity index is 739. The number of hydrogen-bond acceptors (Lipinski definition) is 4. The number of halogens is 1. The van der Waals surface area contributed by atoms with Gasteiger partial charge in [0, 0.05) is 6.54 Å². The molecule has 0 fully saturated rings. The topological polar surface area (TPSA) is 79.5 Å². The van der Waals surface area contributed by atoms with E-state index in [-0.39, 0.29) is 17.2 Å². The van der Waals surface area contributed by atoms with Gasteiger partial charge in [0.1, 0.15) is 23.4 Å². The van der Waals surface area contributed by atoms with Crippen LogP contribution >= 0.6 is 0 Å². The average molecular weight is 313 g/mol. The Morgan fingerprint density at radius 1 is 1.29 bits per heavy atom. The Kier molecular flexibility index (Phi) is 4.46. The van der Waals surface area contributed by atoms with Gasteiger partial charge in [-0.1, -0.05) is 0 Å². The third-order valence-electron chi connectivity index (χ3n) is 2.98. The third kappa shape index (κ3) is 3.69. The maximum atomic E-state index is 13.0. The number of hydrogen-bond donors (Lipinski definition) is 2. The first-order chi connectivity index (χ1) is 9.79. The lowest BCUT2D eigenvalue weighted by molar-refractivity contribution is 0.152. The summed E-state index contributed by atoms with van der Waals surface area (Å²) in [4.78, 5) is -0.0216. The number of benzene rings is 1. The summed E-state index contributed by atoms with van der Waals surface area (Å²) in [6, 6.07) is 6.67. The highest BCUT2D eigenvalue weighted by Gasteiger charge is 2.20. The van der Waals surface area contributed by atoms with Gasteiger partial charge in [-0.25, -0.2) is 17.5 Å². The molecule has 21 heavy (non-hydrogen) atoms. The largest absolute Gasteiger partial charge is 0.464 e. The lowest BCUT2D eigenvalue weighted by Crippen LogP contribution is -2.29. The molecule has 1 aromatic heterocycles. The van der Waals surface area contributed by atoms with Crippen LogP contribution in [0, 0.1) is 19.7 Å². The molecule has 1 heterocycles. The normalized spacial score (nSPS) is 13.3.